The summed E-state index contributed by atoms with van der Waals surface area (Å²) < 4.78 is 5.50. The molecule has 0 aliphatic carbocycles. The lowest BCUT2D eigenvalue weighted by atomic mass is 10.1. The number of rotatable bonds is 14. The molecule has 1 saturated heterocycles. The highest BCUT2D eigenvalue weighted by atomic mass is 16.5. The smallest absolute Gasteiger partial charge is 0.328 e. The van der Waals surface area contributed by atoms with Crippen molar-refractivity contribution in [3.05, 3.63) is 35.9 Å². The molecule has 1 aromatic rings. The van der Waals surface area contributed by atoms with Gasteiger partial charge in [-0.3, -0.25) is 4.79 Å². The van der Waals surface area contributed by atoms with E-state index in [1.807, 2.05) is 30.3 Å². The van der Waals surface area contributed by atoms with Crippen LogP contribution in [-0.2, 0) is 20.7 Å². The van der Waals surface area contributed by atoms with Crippen LogP contribution in [0.25, 0.3) is 0 Å². The van der Waals surface area contributed by atoms with Crippen LogP contribution in [0.5, 0.6) is 0 Å². The van der Waals surface area contributed by atoms with E-state index in [0.717, 1.165) is 31.2 Å². The van der Waals surface area contributed by atoms with Gasteiger partial charge in [-0.2, -0.15) is 0 Å². The van der Waals surface area contributed by atoms with Gasteiger partial charge in [0.25, 0.3) is 0 Å². The second-order valence-electron chi connectivity index (χ2n) is 8.26. The minimum atomic E-state index is -0.394. The first-order valence-corrected chi connectivity index (χ1v) is 11.7. The van der Waals surface area contributed by atoms with E-state index in [1.165, 1.54) is 51.4 Å². The SMILES string of the molecule is CCCCCCCCCCCCOC(=O)C1CCCN1C(=O)Cc1ccccc1. The summed E-state index contributed by atoms with van der Waals surface area (Å²) in [5.41, 5.74) is 0.988. The van der Waals surface area contributed by atoms with Crippen LogP contribution in [0.2, 0.25) is 0 Å². The topological polar surface area (TPSA) is 46.6 Å². The number of hydrogen-bond acceptors (Lipinski definition) is 3. The van der Waals surface area contributed by atoms with Gasteiger partial charge in [-0.05, 0) is 24.8 Å². The third-order valence-corrected chi connectivity index (χ3v) is 5.79. The first kappa shape index (κ1) is 23.4. The van der Waals surface area contributed by atoms with Crippen LogP contribution in [-0.4, -0.2) is 36.0 Å². The third kappa shape index (κ3) is 9.01. The van der Waals surface area contributed by atoms with Crippen LogP contribution in [0.3, 0.4) is 0 Å². The predicted molar refractivity (Wildman–Crippen MR) is 118 cm³/mol. The van der Waals surface area contributed by atoms with Gasteiger partial charge in [0, 0.05) is 6.54 Å². The standard InChI is InChI=1S/C25H39NO3/c1-2-3-4-5-6-7-8-9-10-14-20-29-25(28)23-18-15-19-26(23)24(27)21-22-16-12-11-13-17-22/h11-13,16-17,23H,2-10,14-15,18-21H2,1H3. The lowest BCUT2D eigenvalue weighted by Gasteiger charge is -2.23. The monoisotopic (exact) mass is 401 g/mol. The van der Waals surface area contributed by atoms with Gasteiger partial charge >= 0.3 is 5.97 Å². The Morgan fingerprint density at radius 1 is 0.931 bits per heavy atom. The molecule has 0 aromatic heterocycles. The Hall–Kier alpha value is -1.84. The van der Waals surface area contributed by atoms with Crippen molar-refractivity contribution in [1.82, 2.24) is 4.90 Å². The van der Waals surface area contributed by atoms with Crippen molar-refractivity contribution in [3.8, 4) is 0 Å². The average Bonchev–Trinajstić information content (AvgIpc) is 3.23. The third-order valence-electron chi connectivity index (χ3n) is 5.79. The number of benzene rings is 1. The number of nitrogens with zero attached hydrogens (tertiary/aromatic N) is 1. The Morgan fingerprint density at radius 3 is 2.21 bits per heavy atom. The molecule has 162 valence electrons. The van der Waals surface area contributed by atoms with Crippen molar-refractivity contribution >= 4 is 11.9 Å². The number of ether oxygens (including phenoxy) is 1. The number of carbonyl (C=O) groups excluding carboxylic acids is 2. The Morgan fingerprint density at radius 2 is 1.55 bits per heavy atom. The van der Waals surface area contributed by atoms with Crippen molar-refractivity contribution in [2.75, 3.05) is 13.2 Å². The summed E-state index contributed by atoms with van der Waals surface area (Å²) in [7, 11) is 0. The number of likely N-dealkylation sites (tertiary alicyclic amines) is 1. The molecular formula is C25H39NO3. The highest BCUT2D eigenvalue weighted by Crippen LogP contribution is 2.20. The van der Waals surface area contributed by atoms with Gasteiger partial charge in [-0.1, -0.05) is 95.0 Å². The molecule has 0 N–H and O–H groups in total. The maximum absolute atomic E-state index is 12.6. The van der Waals surface area contributed by atoms with Crippen LogP contribution in [0.4, 0.5) is 0 Å². The van der Waals surface area contributed by atoms with E-state index in [4.69, 9.17) is 4.74 Å². The van der Waals surface area contributed by atoms with Crippen LogP contribution in [0.15, 0.2) is 30.3 Å². The molecule has 0 spiro atoms. The van der Waals surface area contributed by atoms with Crippen molar-refractivity contribution in [2.45, 2.75) is 96.4 Å². The number of hydrogen-bond donors (Lipinski definition) is 0. The van der Waals surface area contributed by atoms with Crippen molar-refractivity contribution in [3.63, 3.8) is 0 Å². The van der Waals surface area contributed by atoms with E-state index in [2.05, 4.69) is 6.92 Å². The largest absolute Gasteiger partial charge is 0.464 e. The van der Waals surface area contributed by atoms with Gasteiger partial charge in [-0.25, -0.2) is 4.79 Å². The lowest BCUT2D eigenvalue weighted by molar-refractivity contribution is -0.153. The second-order valence-corrected chi connectivity index (χ2v) is 8.26. The molecule has 0 saturated carbocycles. The molecule has 1 aliphatic heterocycles. The maximum Gasteiger partial charge on any atom is 0.328 e. The van der Waals surface area contributed by atoms with Gasteiger partial charge in [0.15, 0.2) is 0 Å². The first-order chi connectivity index (χ1) is 14.2. The summed E-state index contributed by atoms with van der Waals surface area (Å²) in [6.07, 6.45) is 14.6. The molecule has 4 nitrogen and oxygen atoms in total. The quantitative estimate of drug-likeness (QED) is 0.297. The maximum atomic E-state index is 12.6. The normalized spacial score (nSPS) is 16.2. The fourth-order valence-electron chi connectivity index (χ4n) is 4.04. The molecule has 1 amide bonds. The minimum absolute atomic E-state index is 0.0228. The van der Waals surface area contributed by atoms with Crippen LogP contribution in [0.1, 0.15) is 89.5 Å². The summed E-state index contributed by atoms with van der Waals surface area (Å²) in [4.78, 5) is 26.8. The second kappa shape index (κ2) is 14.2. The number of amides is 1. The van der Waals surface area contributed by atoms with Crippen LogP contribution < -0.4 is 0 Å². The zero-order valence-corrected chi connectivity index (χ0v) is 18.2. The van der Waals surface area contributed by atoms with Gasteiger partial charge < -0.3 is 9.64 Å². The summed E-state index contributed by atoms with van der Waals surface area (Å²) in [5.74, 6) is -0.200. The van der Waals surface area contributed by atoms with Gasteiger partial charge in [0.1, 0.15) is 6.04 Å². The molecular weight excluding hydrogens is 362 g/mol. The van der Waals surface area contributed by atoms with Crippen molar-refractivity contribution in [1.29, 1.82) is 0 Å². The number of esters is 1. The van der Waals surface area contributed by atoms with Crippen molar-refractivity contribution < 1.29 is 14.3 Å². The molecule has 1 aliphatic rings. The molecule has 29 heavy (non-hydrogen) atoms. The Labute approximate surface area is 177 Å². The average molecular weight is 402 g/mol. The zero-order valence-electron chi connectivity index (χ0n) is 18.2. The molecule has 1 fully saturated rings. The van der Waals surface area contributed by atoms with Gasteiger partial charge in [0.05, 0.1) is 13.0 Å². The zero-order chi connectivity index (χ0) is 20.7. The number of carbonyl (C=O) groups is 2. The summed E-state index contributed by atoms with van der Waals surface area (Å²) in [6, 6.07) is 9.32. The molecule has 2 rings (SSSR count). The molecule has 1 unspecified atom stereocenters. The Bertz CT molecular complexity index is 587. The lowest BCUT2D eigenvalue weighted by Crippen LogP contribution is -2.42. The predicted octanol–water partition coefficient (Wildman–Crippen LogP) is 5.68. The van der Waals surface area contributed by atoms with E-state index in [9.17, 15) is 9.59 Å². The van der Waals surface area contributed by atoms with E-state index < -0.39 is 6.04 Å². The fourth-order valence-corrected chi connectivity index (χ4v) is 4.04. The Balaban J connectivity index is 1.56. The van der Waals surface area contributed by atoms with E-state index in [1.54, 1.807) is 4.90 Å². The number of unbranched alkanes of at least 4 members (excludes halogenated alkanes) is 9. The highest BCUT2D eigenvalue weighted by Gasteiger charge is 2.34. The van der Waals surface area contributed by atoms with Crippen LogP contribution in [0, 0.1) is 0 Å². The summed E-state index contributed by atoms with van der Waals surface area (Å²) >= 11 is 0. The van der Waals surface area contributed by atoms with E-state index in [0.29, 0.717) is 19.6 Å². The van der Waals surface area contributed by atoms with Crippen LogP contribution >= 0.6 is 0 Å². The molecule has 0 bridgehead atoms. The van der Waals surface area contributed by atoms with E-state index >= 15 is 0 Å². The first-order valence-electron chi connectivity index (χ1n) is 11.7. The molecule has 4 heteroatoms. The molecule has 1 aromatic carbocycles. The fraction of sp³-hybridized carbons (Fsp3) is 0.680. The summed E-state index contributed by atoms with van der Waals surface area (Å²) in [6.45, 7) is 3.38. The molecule has 0 radical (unpaired) electrons. The van der Waals surface area contributed by atoms with E-state index in [-0.39, 0.29) is 11.9 Å². The molecule has 1 heterocycles. The van der Waals surface area contributed by atoms with Crippen molar-refractivity contribution in [2.24, 2.45) is 0 Å². The Kier molecular flexibility index (Phi) is 11.5. The minimum Gasteiger partial charge on any atom is -0.464 e. The summed E-state index contributed by atoms with van der Waals surface area (Å²) in [5, 5.41) is 0. The van der Waals surface area contributed by atoms with Gasteiger partial charge in [0.2, 0.25) is 5.91 Å². The molecule has 1 atom stereocenters. The highest BCUT2D eigenvalue weighted by molar-refractivity contribution is 5.86. The van der Waals surface area contributed by atoms with Gasteiger partial charge in [-0.15, -0.1) is 0 Å².